The zero-order valence-electron chi connectivity index (χ0n) is 52.4. The quantitative estimate of drug-likeness (QED) is 0.0153. The van der Waals surface area contributed by atoms with E-state index in [2.05, 4.69) is 31.9 Å². The summed E-state index contributed by atoms with van der Waals surface area (Å²) in [5, 5.41) is 95.3. The van der Waals surface area contributed by atoms with Crippen molar-refractivity contribution in [3.63, 3.8) is 0 Å². The van der Waals surface area contributed by atoms with Gasteiger partial charge < -0.3 is 90.9 Å². The zero-order valence-corrected chi connectivity index (χ0v) is 54.0. The minimum Gasteiger partial charge on any atom is -0.549 e. The molecular formula is C68H70N9O18S2-3. The van der Waals surface area contributed by atoms with Crippen molar-refractivity contribution < 1.29 is 78.1 Å². The first-order valence-electron chi connectivity index (χ1n) is 31.0. The molecule has 0 atom stereocenters. The fourth-order valence-corrected chi connectivity index (χ4v) is 11.5. The molecule has 0 fully saturated rings. The second kappa shape index (κ2) is 34.7. The molecule has 0 aromatic heterocycles. The molecular weight excluding hydrogens is 1290 g/mol. The Morgan fingerprint density at radius 2 is 0.763 bits per heavy atom. The number of carbonyl (C=O) groups excluding carboxylic acids is 5. The lowest BCUT2D eigenvalue weighted by atomic mass is 9.90. The van der Waals surface area contributed by atoms with Crippen LogP contribution in [0.15, 0.2) is 128 Å². The van der Waals surface area contributed by atoms with Crippen LogP contribution in [0, 0.1) is 0 Å². The van der Waals surface area contributed by atoms with Crippen LogP contribution in [0.1, 0.15) is 72.1 Å². The normalized spacial score (nSPS) is 11.3. The number of phenols is 2. The molecule has 4 aromatic carbocycles. The minimum atomic E-state index is -1.48. The van der Waals surface area contributed by atoms with Crippen LogP contribution >= 0.6 is 24.4 Å². The van der Waals surface area contributed by atoms with E-state index in [1.807, 2.05) is 0 Å². The maximum Gasteiger partial charge on any atom is 0.336 e. The summed E-state index contributed by atoms with van der Waals surface area (Å²) >= 11 is 11.0. The van der Waals surface area contributed by atoms with Crippen molar-refractivity contribution in [2.75, 3.05) is 95.7 Å². The number of nitrogens with one attached hydrogen (secondary N) is 6. The number of fused-ring (bicyclic) bond motifs is 4. The van der Waals surface area contributed by atoms with Gasteiger partial charge in [0.15, 0.2) is 21.1 Å². The Hall–Kier alpha value is -10.6. The Morgan fingerprint density at radius 1 is 0.412 bits per heavy atom. The molecule has 0 saturated heterocycles. The van der Waals surface area contributed by atoms with Crippen molar-refractivity contribution in [2.45, 2.75) is 51.4 Å². The largest absolute Gasteiger partial charge is 0.549 e. The highest BCUT2D eigenvalue weighted by Crippen LogP contribution is 2.44. The van der Waals surface area contributed by atoms with Gasteiger partial charge in [-0.05, 0) is 134 Å². The van der Waals surface area contributed by atoms with Gasteiger partial charge in [-0.25, -0.2) is 9.59 Å². The SMILES string of the molecule is O=C([O-])CN(CCN(CC(=O)[O-])CC(=O)NCCCCCCNC(=S)Nc1ccc(-c2c3ccc(=O)cc-3oc3cc(O)ccc23)c(C(=O)O)c1)CCN(CC(=O)[O-])CC(=O)NCCCCCCNC(=S)Nc1ccc(-c2c3ccc(=O)cc-3oc3cc(O)ccc23)c(C(=O)O)c1. The van der Waals surface area contributed by atoms with Crippen molar-refractivity contribution in [3.05, 3.63) is 141 Å². The summed E-state index contributed by atoms with van der Waals surface area (Å²) in [6.07, 6.45) is 5.45. The van der Waals surface area contributed by atoms with Gasteiger partial charge in [0.05, 0.1) is 42.1 Å². The first-order chi connectivity index (χ1) is 46.5. The number of carboxylic acids is 5. The summed E-state index contributed by atoms with van der Waals surface area (Å²) in [6, 6.07) is 26.8. The number of benzene rings is 6. The molecule has 0 bridgehead atoms. The number of carboxylic acid groups (broad SMARTS) is 5. The van der Waals surface area contributed by atoms with Crippen LogP contribution in [0.2, 0.25) is 0 Å². The van der Waals surface area contributed by atoms with Crippen molar-refractivity contribution in [1.29, 1.82) is 0 Å². The number of aromatic carboxylic acids is 2. The van der Waals surface area contributed by atoms with Crippen molar-refractivity contribution in [1.82, 2.24) is 36.0 Å². The Kier molecular flexibility index (Phi) is 25.9. The van der Waals surface area contributed by atoms with E-state index in [4.69, 9.17) is 33.3 Å². The molecule has 0 saturated carbocycles. The number of rotatable bonds is 36. The molecule has 97 heavy (non-hydrogen) atoms. The van der Waals surface area contributed by atoms with E-state index in [-0.39, 0.29) is 119 Å². The lowest BCUT2D eigenvalue weighted by Crippen LogP contribution is -2.50. The van der Waals surface area contributed by atoms with Gasteiger partial charge in [-0.1, -0.05) is 37.8 Å². The van der Waals surface area contributed by atoms with Crippen LogP contribution < -0.4 is 58.1 Å². The number of phenolic OH excluding ortho intramolecular Hbond substituents is 2. The number of carbonyl (C=O) groups is 7. The van der Waals surface area contributed by atoms with Gasteiger partial charge in [0, 0.05) is 141 Å². The summed E-state index contributed by atoms with van der Waals surface area (Å²) in [5.74, 6) is -7.54. The van der Waals surface area contributed by atoms with Crippen LogP contribution in [0.25, 0.3) is 66.8 Å². The van der Waals surface area contributed by atoms with Gasteiger partial charge in [0.2, 0.25) is 11.8 Å². The van der Waals surface area contributed by atoms with E-state index < -0.39 is 61.3 Å². The highest BCUT2D eigenvalue weighted by Gasteiger charge is 2.25. The van der Waals surface area contributed by atoms with Crippen molar-refractivity contribution in [2.24, 2.45) is 0 Å². The van der Waals surface area contributed by atoms with Crippen LogP contribution in [0.4, 0.5) is 11.4 Å². The molecule has 0 radical (unpaired) electrons. The van der Waals surface area contributed by atoms with Crippen LogP contribution in [0.3, 0.4) is 0 Å². The van der Waals surface area contributed by atoms with Gasteiger partial charge in [-0.15, -0.1) is 0 Å². The number of thiocarbonyl (C=S) groups is 2. The minimum absolute atomic E-state index is 0.0549. The molecule has 0 spiro atoms. The summed E-state index contributed by atoms with van der Waals surface area (Å²) in [6.45, 7) is -1.50. The Labute approximate surface area is 565 Å². The third-order valence-corrected chi connectivity index (χ3v) is 16.1. The second-order valence-electron chi connectivity index (χ2n) is 22.9. The van der Waals surface area contributed by atoms with Crippen LogP contribution in [0.5, 0.6) is 11.5 Å². The molecule has 2 aliphatic carbocycles. The Morgan fingerprint density at radius 3 is 1.13 bits per heavy atom. The molecule has 2 amide bonds. The molecule has 10 N–H and O–H groups in total. The third kappa shape index (κ3) is 21.2. The third-order valence-electron chi connectivity index (χ3n) is 15.6. The molecule has 27 nitrogen and oxygen atoms in total. The fraction of sp³-hybridized carbons (Fsp3) is 0.309. The molecule has 2 heterocycles. The maximum atomic E-state index is 13.0. The fourth-order valence-electron chi connectivity index (χ4n) is 11.1. The Bertz CT molecular complexity index is 4030. The van der Waals surface area contributed by atoms with Crippen LogP contribution in [-0.2, 0) is 24.0 Å². The van der Waals surface area contributed by atoms with E-state index in [1.54, 1.807) is 48.5 Å². The summed E-state index contributed by atoms with van der Waals surface area (Å²) in [4.78, 5) is 115. The molecule has 0 unspecified atom stereocenters. The maximum absolute atomic E-state index is 13.0. The smallest absolute Gasteiger partial charge is 0.336 e. The lowest BCUT2D eigenvalue weighted by molar-refractivity contribution is -0.308. The van der Waals surface area contributed by atoms with E-state index in [0.717, 1.165) is 12.8 Å². The number of hydrogen-bond donors (Lipinski definition) is 10. The van der Waals surface area contributed by atoms with E-state index in [9.17, 15) is 78.9 Å². The standard InChI is InChI=1S/C68H73N9O18S2/c78-42-11-17-48-54(31-42)94-55-32-43(79)12-18-49(55)63(48)46-15-9-40(29-52(46)65(90)91)73-67(96)71-23-7-3-1-5-21-69-58(82)35-76(38-61(86)87)27-25-75(37-60(84)85)26-28-77(39-62(88)89)36-59(83)70-22-6-2-4-8-24-72-68(97)74-41-10-16-47(53(30-41)66(92)93)64-50-19-13-44(80)33-56(50)95-57-34-45(81)14-20-51(57)64/h9-20,29-34,78,80H,1-8,21-28,35-39H2,(H,69,82)(H,70,83)(H,84,85)(H,86,87)(H,88,89)(H,90,91)(H,92,93)(H2,71,73,96)(H2,72,74,97)/p-3. The molecule has 2 aliphatic heterocycles. The molecule has 29 heteroatoms. The molecule has 4 aromatic rings. The number of aromatic hydroxyl groups is 2. The number of unbranched alkanes of at least 4 members (excludes halogenated alkanes) is 6. The van der Waals surface area contributed by atoms with E-state index in [0.29, 0.717) is 107 Å². The van der Waals surface area contributed by atoms with E-state index >= 15 is 0 Å². The first-order valence-corrected chi connectivity index (χ1v) is 31.8. The highest BCUT2D eigenvalue weighted by atomic mass is 32.1. The predicted molar refractivity (Wildman–Crippen MR) is 362 cm³/mol. The summed E-state index contributed by atoms with van der Waals surface area (Å²) in [5.41, 5.74) is 3.28. The average molecular weight is 1370 g/mol. The first kappa shape index (κ1) is 72.2. The van der Waals surface area contributed by atoms with Crippen molar-refractivity contribution in [3.8, 4) is 56.4 Å². The average Bonchev–Trinajstić information content (AvgIpc) is 0.758. The number of aliphatic carboxylic acids is 3. The van der Waals surface area contributed by atoms with Gasteiger partial charge in [0.25, 0.3) is 0 Å². The predicted octanol–water partition coefficient (Wildman–Crippen LogP) is 3.03. The second-order valence-corrected chi connectivity index (χ2v) is 23.7. The zero-order chi connectivity index (χ0) is 69.7. The summed E-state index contributed by atoms with van der Waals surface area (Å²) in [7, 11) is 0. The van der Waals surface area contributed by atoms with E-state index in [1.165, 1.54) is 75.4 Å². The molecule has 510 valence electrons. The topological polar surface area (TPSA) is 412 Å². The van der Waals surface area contributed by atoms with Crippen molar-refractivity contribution >= 4 is 110 Å². The van der Waals surface area contributed by atoms with Gasteiger partial charge >= 0.3 is 11.9 Å². The number of anilines is 2. The van der Waals surface area contributed by atoms with Gasteiger partial charge in [-0.3, -0.25) is 33.9 Å². The molecule has 8 rings (SSSR count). The number of hydrogen-bond acceptors (Lipinski definition) is 21. The Balaban J connectivity index is 0.700. The van der Waals surface area contributed by atoms with Gasteiger partial charge in [0.1, 0.15) is 34.2 Å². The van der Waals surface area contributed by atoms with Gasteiger partial charge in [-0.2, -0.15) is 0 Å². The number of nitrogens with zero attached hydrogens (tertiary/aromatic N) is 3. The molecule has 4 aliphatic rings. The van der Waals surface area contributed by atoms with Crippen LogP contribution in [-0.4, -0.2) is 172 Å². The monoisotopic (exact) mass is 1360 g/mol. The summed E-state index contributed by atoms with van der Waals surface area (Å²) < 4.78 is 11.8. The number of amides is 2. The lowest BCUT2D eigenvalue weighted by Gasteiger charge is -2.30. The highest BCUT2D eigenvalue weighted by molar-refractivity contribution is 7.80.